The standard InChI is InChI=1S/C24H22F2N6O/c1-24(25,26)20-7-8-27-22(11-20)31-23(33)10-16-3-5-18(6-4-16)19-13-28-21(29-14-19)9-17-12-30-32(2)15-17/h3-8,11-15H,9-10H2,1-2H3,(H,27,31,33). The lowest BCUT2D eigenvalue weighted by atomic mass is 10.0. The van der Waals surface area contributed by atoms with Crippen LogP contribution in [0.5, 0.6) is 0 Å². The highest BCUT2D eigenvalue weighted by Gasteiger charge is 2.24. The number of nitrogens with zero attached hydrogens (tertiary/aromatic N) is 5. The quantitative estimate of drug-likeness (QED) is 0.459. The number of carbonyl (C=O) groups excluding carboxylic acids is 1. The molecule has 0 fully saturated rings. The van der Waals surface area contributed by atoms with E-state index in [1.165, 1.54) is 18.3 Å². The number of rotatable bonds is 7. The van der Waals surface area contributed by atoms with Crippen LogP contribution < -0.4 is 5.32 Å². The van der Waals surface area contributed by atoms with Crippen LogP contribution in [-0.2, 0) is 30.6 Å². The minimum atomic E-state index is -3.00. The zero-order chi connectivity index (χ0) is 23.4. The Morgan fingerprint density at radius 2 is 1.73 bits per heavy atom. The summed E-state index contributed by atoms with van der Waals surface area (Å²) in [5, 5.41) is 6.71. The maximum atomic E-state index is 13.5. The van der Waals surface area contributed by atoms with E-state index in [1.54, 1.807) is 23.3 Å². The van der Waals surface area contributed by atoms with E-state index in [0.29, 0.717) is 12.2 Å². The molecule has 1 amide bonds. The van der Waals surface area contributed by atoms with E-state index < -0.39 is 5.92 Å². The zero-order valence-electron chi connectivity index (χ0n) is 18.2. The number of anilines is 1. The van der Waals surface area contributed by atoms with E-state index in [0.717, 1.165) is 29.2 Å². The van der Waals surface area contributed by atoms with Crippen LogP contribution in [0.2, 0.25) is 0 Å². The van der Waals surface area contributed by atoms with Crippen molar-refractivity contribution in [3.63, 3.8) is 0 Å². The van der Waals surface area contributed by atoms with Gasteiger partial charge in [-0.2, -0.15) is 5.10 Å². The topological polar surface area (TPSA) is 85.6 Å². The molecule has 3 aromatic heterocycles. The van der Waals surface area contributed by atoms with E-state index in [1.807, 2.05) is 37.5 Å². The van der Waals surface area contributed by atoms with Gasteiger partial charge in [0.2, 0.25) is 5.91 Å². The molecule has 1 N–H and O–H groups in total. The van der Waals surface area contributed by atoms with Gasteiger partial charge in [-0.1, -0.05) is 24.3 Å². The van der Waals surface area contributed by atoms with Crippen LogP contribution in [0.25, 0.3) is 11.1 Å². The Morgan fingerprint density at radius 3 is 2.36 bits per heavy atom. The lowest BCUT2D eigenvalue weighted by Gasteiger charge is -2.12. The van der Waals surface area contributed by atoms with Crippen molar-refractivity contribution in [2.75, 3.05) is 5.32 Å². The lowest BCUT2D eigenvalue weighted by Crippen LogP contribution is -2.16. The summed E-state index contributed by atoms with van der Waals surface area (Å²) in [7, 11) is 1.86. The number of alkyl halides is 2. The van der Waals surface area contributed by atoms with Crippen molar-refractivity contribution in [1.29, 1.82) is 0 Å². The molecule has 1 aromatic carbocycles. The molecule has 168 valence electrons. The van der Waals surface area contributed by atoms with Gasteiger partial charge in [0.05, 0.1) is 12.6 Å². The third kappa shape index (κ3) is 5.82. The Kier molecular flexibility index (Phi) is 6.21. The van der Waals surface area contributed by atoms with E-state index in [2.05, 4.69) is 25.4 Å². The second kappa shape index (κ2) is 9.23. The fourth-order valence-electron chi connectivity index (χ4n) is 3.30. The van der Waals surface area contributed by atoms with Gasteiger partial charge in [0.15, 0.2) is 0 Å². The van der Waals surface area contributed by atoms with Gasteiger partial charge >= 0.3 is 0 Å². The molecule has 4 rings (SSSR count). The molecular formula is C24H22F2N6O. The van der Waals surface area contributed by atoms with Crippen molar-refractivity contribution in [2.24, 2.45) is 7.05 Å². The van der Waals surface area contributed by atoms with E-state index in [4.69, 9.17) is 0 Å². The number of benzene rings is 1. The first kappa shape index (κ1) is 22.2. The number of aryl methyl sites for hydroxylation is 1. The normalized spacial score (nSPS) is 11.4. The van der Waals surface area contributed by atoms with Gasteiger partial charge in [-0.05, 0) is 28.8 Å². The van der Waals surface area contributed by atoms with Crippen molar-refractivity contribution >= 4 is 11.7 Å². The largest absolute Gasteiger partial charge is 0.310 e. The molecule has 0 radical (unpaired) electrons. The second-order valence-electron chi connectivity index (χ2n) is 7.83. The molecule has 7 nitrogen and oxygen atoms in total. The Hall–Kier alpha value is -4.01. The SMILES string of the molecule is Cn1cc(Cc2ncc(-c3ccc(CC(=O)Nc4cc(C(C)(F)F)ccn4)cc3)cn2)cn1. The van der Waals surface area contributed by atoms with Crippen molar-refractivity contribution in [3.8, 4) is 11.1 Å². The molecule has 0 spiro atoms. The fraction of sp³-hybridized carbons (Fsp3) is 0.208. The summed E-state index contributed by atoms with van der Waals surface area (Å²) in [5.74, 6) is -2.54. The molecular weight excluding hydrogens is 426 g/mol. The highest BCUT2D eigenvalue weighted by molar-refractivity contribution is 5.91. The van der Waals surface area contributed by atoms with Gasteiger partial charge in [-0.3, -0.25) is 9.48 Å². The van der Waals surface area contributed by atoms with Crippen molar-refractivity contribution in [3.05, 3.63) is 89.9 Å². The van der Waals surface area contributed by atoms with Crippen LogP contribution in [0.1, 0.15) is 29.4 Å². The number of hydrogen-bond acceptors (Lipinski definition) is 5. The van der Waals surface area contributed by atoms with Crippen molar-refractivity contribution < 1.29 is 13.6 Å². The number of pyridine rings is 1. The van der Waals surface area contributed by atoms with Crippen LogP contribution in [0, 0.1) is 0 Å². The maximum Gasteiger partial charge on any atom is 0.270 e. The highest BCUT2D eigenvalue weighted by atomic mass is 19.3. The molecule has 3 heterocycles. The second-order valence-corrected chi connectivity index (χ2v) is 7.83. The predicted molar refractivity (Wildman–Crippen MR) is 120 cm³/mol. The first-order valence-corrected chi connectivity index (χ1v) is 10.3. The first-order valence-electron chi connectivity index (χ1n) is 10.3. The molecule has 0 aliphatic rings. The van der Waals surface area contributed by atoms with Gasteiger partial charge in [0.1, 0.15) is 11.6 Å². The number of hydrogen-bond donors (Lipinski definition) is 1. The predicted octanol–water partition coefficient (Wildman–Crippen LogP) is 4.16. The summed E-state index contributed by atoms with van der Waals surface area (Å²) < 4.78 is 28.7. The van der Waals surface area contributed by atoms with Crippen LogP contribution >= 0.6 is 0 Å². The minimum absolute atomic E-state index is 0.0925. The van der Waals surface area contributed by atoms with Gasteiger partial charge in [-0.15, -0.1) is 0 Å². The van der Waals surface area contributed by atoms with Gasteiger partial charge < -0.3 is 5.32 Å². The van der Waals surface area contributed by atoms with Gasteiger partial charge in [-0.25, -0.2) is 23.7 Å². The number of amides is 1. The number of nitrogens with one attached hydrogen (secondary N) is 1. The monoisotopic (exact) mass is 448 g/mol. The molecule has 33 heavy (non-hydrogen) atoms. The van der Waals surface area contributed by atoms with Gasteiger partial charge in [0, 0.05) is 56.3 Å². The molecule has 0 unspecified atom stereocenters. The van der Waals surface area contributed by atoms with E-state index in [-0.39, 0.29) is 23.7 Å². The molecule has 4 aromatic rings. The zero-order valence-corrected chi connectivity index (χ0v) is 18.2. The third-order valence-electron chi connectivity index (χ3n) is 5.01. The minimum Gasteiger partial charge on any atom is -0.310 e. The molecule has 0 saturated carbocycles. The molecule has 0 bridgehead atoms. The highest BCUT2D eigenvalue weighted by Crippen LogP contribution is 2.27. The van der Waals surface area contributed by atoms with E-state index >= 15 is 0 Å². The van der Waals surface area contributed by atoms with E-state index in [9.17, 15) is 13.6 Å². The van der Waals surface area contributed by atoms with Gasteiger partial charge in [0.25, 0.3) is 5.92 Å². The summed E-state index contributed by atoms with van der Waals surface area (Å²) in [6, 6.07) is 9.85. The summed E-state index contributed by atoms with van der Waals surface area (Å²) in [5.41, 5.74) is 3.40. The smallest absolute Gasteiger partial charge is 0.270 e. The summed E-state index contributed by atoms with van der Waals surface area (Å²) in [6.45, 7) is 0.800. The molecule has 0 aliphatic heterocycles. The first-order chi connectivity index (χ1) is 15.8. The molecule has 9 heteroatoms. The lowest BCUT2D eigenvalue weighted by molar-refractivity contribution is -0.115. The summed E-state index contributed by atoms with van der Waals surface area (Å²) in [6.07, 6.45) is 9.20. The summed E-state index contributed by atoms with van der Waals surface area (Å²) in [4.78, 5) is 25.1. The maximum absolute atomic E-state index is 13.5. The molecule has 0 aliphatic carbocycles. The Morgan fingerprint density at radius 1 is 1.00 bits per heavy atom. The molecule has 0 saturated heterocycles. The number of aromatic nitrogens is 5. The number of carbonyl (C=O) groups is 1. The van der Waals surface area contributed by atoms with Crippen LogP contribution in [0.15, 0.2) is 67.4 Å². The van der Waals surface area contributed by atoms with Crippen molar-refractivity contribution in [1.82, 2.24) is 24.7 Å². The third-order valence-corrected chi connectivity index (χ3v) is 5.01. The molecule has 0 atom stereocenters. The Labute approximate surface area is 189 Å². The van der Waals surface area contributed by atoms with Crippen LogP contribution in [0.3, 0.4) is 0 Å². The number of halogens is 2. The average molecular weight is 448 g/mol. The Bertz CT molecular complexity index is 1250. The summed E-state index contributed by atoms with van der Waals surface area (Å²) >= 11 is 0. The van der Waals surface area contributed by atoms with Crippen molar-refractivity contribution in [2.45, 2.75) is 25.7 Å². The van der Waals surface area contributed by atoms with Crippen LogP contribution in [-0.4, -0.2) is 30.6 Å². The average Bonchev–Trinajstić information content (AvgIpc) is 3.19. The van der Waals surface area contributed by atoms with Crippen LogP contribution in [0.4, 0.5) is 14.6 Å². The fourth-order valence-corrected chi connectivity index (χ4v) is 3.30. The Balaban J connectivity index is 1.36.